The minimum Gasteiger partial charge on any atom is -0.291 e. The molecule has 0 bridgehead atoms. The number of nitrogens with zero attached hydrogens (tertiary/aromatic N) is 6. The van der Waals surface area contributed by atoms with Crippen molar-refractivity contribution in [3.63, 3.8) is 0 Å². The molecule has 0 unspecified atom stereocenters. The van der Waals surface area contributed by atoms with Gasteiger partial charge in [0, 0.05) is 12.3 Å². The number of fused-ring (bicyclic) bond motifs is 2. The van der Waals surface area contributed by atoms with Crippen LogP contribution in [0.2, 0.25) is 0 Å². The summed E-state index contributed by atoms with van der Waals surface area (Å²) in [6.07, 6.45) is 4.22. The molecule has 10 heteroatoms. The van der Waals surface area contributed by atoms with Crippen LogP contribution in [-0.2, 0) is 0 Å². The van der Waals surface area contributed by atoms with Crippen LogP contribution in [0.4, 0.5) is 0 Å². The zero-order chi connectivity index (χ0) is 13.7. The second-order valence-electron chi connectivity index (χ2n) is 4.06. The molecule has 0 amide bonds. The molecule has 0 radical (unpaired) electrons. The minimum atomic E-state index is -0.478. The van der Waals surface area contributed by atoms with Crippen LogP contribution in [0.5, 0.6) is 0 Å². The summed E-state index contributed by atoms with van der Waals surface area (Å²) >= 11 is 0. The van der Waals surface area contributed by atoms with E-state index in [0.717, 1.165) is 0 Å². The predicted molar refractivity (Wildman–Crippen MR) is 66.2 cm³/mol. The normalized spacial score (nSPS) is 11.4. The van der Waals surface area contributed by atoms with E-state index in [2.05, 4.69) is 30.4 Å². The maximum absolute atomic E-state index is 12.1. The maximum atomic E-state index is 12.1. The number of rotatable bonds is 1. The fourth-order valence-electron chi connectivity index (χ4n) is 1.99. The second-order valence-corrected chi connectivity index (χ2v) is 4.06. The lowest BCUT2D eigenvalue weighted by Crippen LogP contribution is -2.17. The number of aromatic amines is 2. The molecule has 98 valence electrons. The molecule has 0 fully saturated rings. The Morgan fingerprint density at radius 1 is 1.25 bits per heavy atom. The number of H-pyrrole nitrogens is 2. The molecule has 0 atom stereocenters. The Morgan fingerprint density at radius 2 is 2.15 bits per heavy atom. The summed E-state index contributed by atoms with van der Waals surface area (Å²) in [5, 5.41) is 10.4. The lowest BCUT2D eigenvalue weighted by Gasteiger charge is -2.02. The summed E-state index contributed by atoms with van der Waals surface area (Å²) in [4.78, 5) is 34.0. The molecule has 0 spiro atoms. The Kier molecular flexibility index (Phi) is 1.91. The largest absolute Gasteiger partial charge is 0.291 e. The third-order valence-corrected chi connectivity index (χ3v) is 2.85. The standard InChI is InChI=1S/C10H6N8O2/c19-8-1-6(18-10(15-8)11-4-13-18)5-3-17-7(2-12-16-17)14-9(5)20/h1-4,16H,(H,11,13,15,19). The molecule has 4 rings (SSSR count). The van der Waals surface area contributed by atoms with Gasteiger partial charge >= 0.3 is 0 Å². The summed E-state index contributed by atoms with van der Waals surface area (Å²) in [6.45, 7) is 0. The molecule has 0 aromatic carbocycles. The highest BCUT2D eigenvalue weighted by Gasteiger charge is 2.13. The van der Waals surface area contributed by atoms with Crippen LogP contribution >= 0.6 is 0 Å². The minimum absolute atomic E-state index is 0.216. The SMILES string of the molecule is O=c1cc(-c2cn3[nH]ncc3nc2=O)n2ncnc2[nH]1. The summed E-state index contributed by atoms with van der Waals surface area (Å²) in [6, 6.07) is 1.27. The highest BCUT2D eigenvalue weighted by atomic mass is 16.1. The first-order valence-corrected chi connectivity index (χ1v) is 5.58. The van der Waals surface area contributed by atoms with Gasteiger partial charge in [-0.2, -0.15) is 24.7 Å². The van der Waals surface area contributed by atoms with Gasteiger partial charge in [-0.25, -0.2) is 9.73 Å². The van der Waals surface area contributed by atoms with Crippen LogP contribution in [0.25, 0.3) is 22.7 Å². The zero-order valence-electron chi connectivity index (χ0n) is 9.81. The van der Waals surface area contributed by atoms with Crippen molar-refractivity contribution < 1.29 is 0 Å². The average Bonchev–Trinajstić information content (AvgIpc) is 3.04. The average molecular weight is 270 g/mol. The van der Waals surface area contributed by atoms with Crippen LogP contribution in [-0.4, -0.2) is 39.4 Å². The number of hydrogen-bond donors (Lipinski definition) is 2. The van der Waals surface area contributed by atoms with Crippen LogP contribution < -0.4 is 11.1 Å². The van der Waals surface area contributed by atoms with Gasteiger partial charge in [0.05, 0.1) is 17.5 Å². The molecule has 20 heavy (non-hydrogen) atoms. The quantitative estimate of drug-likeness (QED) is 0.448. The van der Waals surface area contributed by atoms with Crippen molar-refractivity contribution in [2.45, 2.75) is 0 Å². The van der Waals surface area contributed by atoms with E-state index in [9.17, 15) is 9.59 Å². The molecular formula is C10H6N8O2. The first kappa shape index (κ1) is 10.6. The van der Waals surface area contributed by atoms with Gasteiger partial charge in [0.15, 0.2) is 5.65 Å². The van der Waals surface area contributed by atoms with Gasteiger partial charge in [0.1, 0.15) is 6.33 Å². The summed E-state index contributed by atoms with van der Waals surface area (Å²) in [5.41, 5.74) is 0.0536. The van der Waals surface area contributed by atoms with E-state index in [1.807, 2.05) is 0 Å². The number of nitrogens with one attached hydrogen (secondary N) is 2. The van der Waals surface area contributed by atoms with Crippen molar-refractivity contribution >= 4 is 11.4 Å². The highest BCUT2D eigenvalue weighted by molar-refractivity contribution is 5.60. The molecule has 0 aliphatic carbocycles. The predicted octanol–water partition coefficient (Wildman–Crippen LogP) is -1.18. The van der Waals surface area contributed by atoms with Crippen LogP contribution in [0.1, 0.15) is 0 Å². The van der Waals surface area contributed by atoms with Crippen LogP contribution in [0.15, 0.2) is 34.4 Å². The van der Waals surface area contributed by atoms with Gasteiger partial charge in [0.2, 0.25) is 5.78 Å². The monoisotopic (exact) mass is 270 g/mol. The van der Waals surface area contributed by atoms with Gasteiger partial charge < -0.3 is 0 Å². The number of hydrogen-bond acceptors (Lipinski definition) is 6. The Labute approximate surface area is 108 Å². The van der Waals surface area contributed by atoms with E-state index in [1.165, 1.54) is 33.8 Å². The molecule has 10 nitrogen and oxygen atoms in total. The molecule has 4 heterocycles. The molecule has 4 aromatic heterocycles. The molecule has 4 aromatic rings. The third-order valence-electron chi connectivity index (χ3n) is 2.85. The van der Waals surface area contributed by atoms with Crippen molar-refractivity contribution in [2.24, 2.45) is 0 Å². The van der Waals surface area contributed by atoms with E-state index < -0.39 is 5.56 Å². The van der Waals surface area contributed by atoms with E-state index >= 15 is 0 Å². The molecule has 2 N–H and O–H groups in total. The highest BCUT2D eigenvalue weighted by Crippen LogP contribution is 2.12. The third kappa shape index (κ3) is 1.38. The van der Waals surface area contributed by atoms with Gasteiger partial charge in [-0.1, -0.05) is 0 Å². The van der Waals surface area contributed by atoms with Crippen molar-refractivity contribution in [2.75, 3.05) is 0 Å². The molecule has 0 saturated carbocycles. The first-order valence-electron chi connectivity index (χ1n) is 5.58. The lowest BCUT2D eigenvalue weighted by atomic mass is 10.2. The van der Waals surface area contributed by atoms with Gasteiger partial charge in [0.25, 0.3) is 11.1 Å². The fraction of sp³-hybridized carbons (Fsp3) is 0. The lowest BCUT2D eigenvalue weighted by molar-refractivity contribution is 0.841. The Balaban J connectivity index is 2.15. The molecule has 0 aliphatic heterocycles. The number of aromatic nitrogens is 8. The molecule has 0 saturated heterocycles. The molecule has 0 aliphatic rings. The van der Waals surface area contributed by atoms with E-state index in [4.69, 9.17) is 0 Å². The van der Waals surface area contributed by atoms with E-state index in [1.54, 1.807) is 0 Å². The smallest absolute Gasteiger partial charge is 0.282 e. The van der Waals surface area contributed by atoms with Crippen molar-refractivity contribution in [3.05, 3.63) is 45.5 Å². The van der Waals surface area contributed by atoms with Crippen LogP contribution in [0, 0.1) is 0 Å². The summed E-state index contributed by atoms with van der Waals surface area (Å²) < 4.78 is 2.84. The van der Waals surface area contributed by atoms with Crippen LogP contribution in [0.3, 0.4) is 0 Å². The molecular weight excluding hydrogens is 264 g/mol. The Bertz CT molecular complexity index is 1050. The van der Waals surface area contributed by atoms with Gasteiger partial charge in [-0.3, -0.25) is 14.6 Å². The Hall–Kier alpha value is -3.30. The first-order chi connectivity index (χ1) is 9.72. The van der Waals surface area contributed by atoms with Crippen molar-refractivity contribution in [1.29, 1.82) is 0 Å². The maximum Gasteiger partial charge on any atom is 0.282 e. The zero-order valence-corrected chi connectivity index (χ0v) is 9.81. The second kappa shape index (κ2) is 3.60. The van der Waals surface area contributed by atoms with E-state index in [0.29, 0.717) is 11.3 Å². The van der Waals surface area contributed by atoms with Gasteiger partial charge in [-0.05, 0) is 0 Å². The topological polar surface area (TPSA) is 126 Å². The van der Waals surface area contributed by atoms with Gasteiger partial charge in [-0.15, -0.1) is 0 Å². The summed E-state index contributed by atoms with van der Waals surface area (Å²) in [5.74, 6) is 0.251. The van der Waals surface area contributed by atoms with E-state index in [-0.39, 0.29) is 16.9 Å². The Morgan fingerprint density at radius 3 is 3.05 bits per heavy atom. The van der Waals surface area contributed by atoms with Crippen molar-refractivity contribution in [1.82, 2.24) is 39.4 Å². The summed E-state index contributed by atoms with van der Waals surface area (Å²) in [7, 11) is 0. The fourth-order valence-corrected chi connectivity index (χ4v) is 1.99. The van der Waals surface area contributed by atoms with Crippen molar-refractivity contribution in [3.8, 4) is 11.3 Å².